The van der Waals surface area contributed by atoms with Gasteiger partial charge in [-0.2, -0.15) is 0 Å². The molecule has 1 atom stereocenters. The van der Waals surface area contributed by atoms with Crippen LogP contribution in [-0.2, 0) is 0 Å². The minimum atomic E-state index is -0.0448. The number of hydrogen-bond acceptors (Lipinski definition) is 6. The van der Waals surface area contributed by atoms with Crippen molar-refractivity contribution in [1.29, 1.82) is 0 Å². The maximum absolute atomic E-state index is 8.86. The highest BCUT2D eigenvalue weighted by molar-refractivity contribution is 5.55. The van der Waals surface area contributed by atoms with E-state index >= 15 is 0 Å². The molecule has 1 heterocycles. The van der Waals surface area contributed by atoms with E-state index in [4.69, 9.17) is 14.6 Å². The summed E-state index contributed by atoms with van der Waals surface area (Å²) in [5.74, 6) is 1.21. The van der Waals surface area contributed by atoms with Gasteiger partial charge in [-0.15, -0.1) is 0 Å². The Morgan fingerprint density at radius 3 is 2.81 bits per heavy atom. The van der Waals surface area contributed by atoms with Crippen LogP contribution in [0.3, 0.4) is 0 Å². The molecule has 1 aromatic heterocycles. The van der Waals surface area contributed by atoms with Gasteiger partial charge >= 0.3 is 0 Å². The number of benzene rings is 1. The van der Waals surface area contributed by atoms with Gasteiger partial charge in [0.1, 0.15) is 6.61 Å². The summed E-state index contributed by atoms with van der Waals surface area (Å²) >= 11 is 0. The van der Waals surface area contributed by atoms with Gasteiger partial charge in [0.05, 0.1) is 31.6 Å². The van der Waals surface area contributed by atoms with Crippen LogP contribution in [0, 0.1) is 0 Å². The van der Waals surface area contributed by atoms with Crippen LogP contribution in [0.1, 0.15) is 18.7 Å². The molecule has 0 radical (unpaired) electrons. The molecular formula is C15H19N3O3. The van der Waals surface area contributed by atoms with Crippen molar-refractivity contribution in [3.05, 3.63) is 42.5 Å². The largest absolute Gasteiger partial charge is 0.493 e. The first-order chi connectivity index (χ1) is 10.2. The lowest BCUT2D eigenvalue weighted by Crippen LogP contribution is -2.09. The van der Waals surface area contributed by atoms with Gasteiger partial charge in [-0.25, -0.2) is 0 Å². The molecular weight excluding hydrogens is 270 g/mol. The second kappa shape index (κ2) is 7.44. The van der Waals surface area contributed by atoms with Gasteiger partial charge in [-0.3, -0.25) is 9.97 Å². The number of nitrogens with zero attached hydrogens (tertiary/aromatic N) is 2. The molecule has 6 nitrogen and oxygen atoms in total. The van der Waals surface area contributed by atoms with Crippen molar-refractivity contribution in [2.24, 2.45) is 0 Å². The second-order valence-corrected chi connectivity index (χ2v) is 4.43. The predicted molar refractivity (Wildman–Crippen MR) is 79.6 cm³/mol. The molecule has 2 aromatic rings. The lowest BCUT2D eigenvalue weighted by molar-refractivity contribution is 0.196. The van der Waals surface area contributed by atoms with Crippen LogP contribution in [0.2, 0.25) is 0 Å². The van der Waals surface area contributed by atoms with E-state index < -0.39 is 0 Å². The Bertz CT molecular complexity index is 563. The molecule has 0 aliphatic carbocycles. The third kappa shape index (κ3) is 4.06. The highest BCUT2D eigenvalue weighted by Gasteiger charge is 2.10. The van der Waals surface area contributed by atoms with Crippen molar-refractivity contribution in [1.82, 2.24) is 9.97 Å². The number of aromatic nitrogens is 2. The highest BCUT2D eigenvalue weighted by atomic mass is 16.5. The molecule has 0 saturated heterocycles. The number of anilines is 1. The summed E-state index contributed by atoms with van der Waals surface area (Å²) in [6, 6.07) is 5.56. The molecule has 0 spiro atoms. The van der Waals surface area contributed by atoms with Gasteiger partial charge in [0.25, 0.3) is 0 Å². The second-order valence-electron chi connectivity index (χ2n) is 4.43. The highest BCUT2D eigenvalue weighted by Crippen LogP contribution is 2.31. The number of methoxy groups -OCH3 is 1. The van der Waals surface area contributed by atoms with Crippen molar-refractivity contribution in [2.45, 2.75) is 13.0 Å². The van der Waals surface area contributed by atoms with Crippen LogP contribution in [-0.4, -0.2) is 35.4 Å². The van der Waals surface area contributed by atoms with Crippen LogP contribution in [0.5, 0.6) is 11.5 Å². The topological polar surface area (TPSA) is 76.5 Å². The van der Waals surface area contributed by atoms with Crippen molar-refractivity contribution in [3.8, 4) is 11.5 Å². The molecule has 0 bridgehead atoms. The first-order valence-corrected chi connectivity index (χ1v) is 6.68. The zero-order valence-corrected chi connectivity index (χ0v) is 12.1. The van der Waals surface area contributed by atoms with Crippen molar-refractivity contribution < 1.29 is 14.6 Å². The van der Waals surface area contributed by atoms with Gasteiger partial charge in [0, 0.05) is 24.1 Å². The van der Waals surface area contributed by atoms with E-state index in [1.807, 2.05) is 25.1 Å². The first kappa shape index (κ1) is 15.1. The van der Waals surface area contributed by atoms with Crippen molar-refractivity contribution >= 4 is 5.69 Å². The maximum Gasteiger partial charge on any atom is 0.163 e. The zero-order chi connectivity index (χ0) is 15.1. The summed E-state index contributed by atoms with van der Waals surface area (Å²) < 4.78 is 10.7. The Hall–Kier alpha value is -2.34. The number of ether oxygens (including phenoxy) is 2. The van der Waals surface area contributed by atoms with E-state index in [9.17, 15) is 0 Å². The molecule has 0 aliphatic heterocycles. The molecule has 2 rings (SSSR count). The van der Waals surface area contributed by atoms with Crippen molar-refractivity contribution in [2.75, 3.05) is 25.6 Å². The first-order valence-electron chi connectivity index (χ1n) is 6.68. The Kier molecular flexibility index (Phi) is 5.34. The SMILES string of the molecule is COc1ccc(NC(C)c2cnccn2)cc1OCCO. The molecule has 0 amide bonds. The summed E-state index contributed by atoms with van der Waals surface area (Å²) in [7, 11) is 1.58. The number of aliphatic hydroxyl groups excluding tert-OH is 1. The minimum absolute atomic E-state index is 0.0118. The predicted octanol–water partition coefficient (Wildman–Crippen LogP) is 2.03. The fourth-order valence-electron chi connectivity index (χ4n) is 1.89. The lowest BCUT2D eigenvalue weighted by atomic mass is 10.2. The Labute approximate surface area is 123 Å². The molecule has 112 valence electrons. The monoisotopic (exact) mass is 289 g/mol. The molecule has 0 fully saturated rings. The molecule has 0 saturated carbocycles. The van der Waals surface area contributed by atoms with E-state index in [0.717, 1.165) is 11.4 Å². The number of nitrogens with one attached hydrogen (secondary N) is 1. The van der Waals surface area contributed by atoms with Crippen LogP contribution >= 0.6 is 0 Å². The Morgan fingerprint density at radius 1 is 1.29 bits per heavy atom. The van der Waals surface area contributed by atoms with Crippen LogP contribution in [0.25, 0.3) is 0 Å². The van der Waals surface area contributed by atoms with E-state index in [0.29, 0.717) is 11.5 Å². The number of rotatable bonds is 7. The molecule has 1 unspecified atom stereocenters. The molecule has 21 heavy (non-hydrogen) atoms. The molecule has 1 aromatic carbocycles. The smallest absolute Gasteiger partial charge is 0.163 e. The van der Waals surface area contributed by atoms with E-state index in [2.05, 4.69) is 15.3 Å². The van der Waals surface area contributed by atoms with E-state index in [-0.39, 0.29) is 19.3 Å². The normalized spacial score (nSPS) is 11.8. The molecule has 6 heteroatoms. The summed E-state index contributed by atoms with van der Waals surface area (Å²) in [4.78, 5) is 8.32. The summed E-state index contributed by atoms with van der Waals surface area (Å²) in [5, 5.41) is 12.2. The fourth-order valence-corrected chi connectivity index (χ4v) is 1.89. The Balaban J connectivity index is 2.12. The molecule has 2 N–H and O–H groups in total. The standard InChI is InChI=1S/C15H19N3O3/c1-11(13-10-16-5-6-17-13)18-12-3-4-14(20-2)15(9-12)21-8-7-19/h3-6,9-11,18-19H,7-8H2,1-2H3. The number of hydrogen-bond donors (Lipinski definition) is 2. The lowest BCUT2D eigenvalue weighted by Gasteiger charge is -2.16. The van der Waals surface area contributed by atoms with Crippen LogP contribution < -0.4 is 14.8 Å². The fraction of sp³-hybridized carbons (Fsp3) is 0.333. The van der Waals surface area contributed by atoms with Crippen LogP contribution in [0.4, 0.5) is 5.69 Å². The van der Waals surface area contributed by atoms with Gasteiger partial charge in [0.15, 0.2) is 11.5 Å². The molecule has 0 aliphatic rings. The van der Waals surface area contributed by atoms with Crippen molar-refractivity contribution in [3.63, 3.8) is 0 Å². The van der Waals surface area contributed by atoms with Gasteiger partial charge in [-0.05, 0) is 19.1 Å². The number of aliphatic hydroxyl groups is 1. The van der Waals surface area contributed by atoms with Crippen LogP contribution in [0.15, 0.2) is 36.8 Å². The maximum atomic E-state index is 8.86. The van der Waals surface area contributed by atoms with Gasteiger partial charge in [-0.1, -0.05) is 0 Å². The average Bonchev–Trinajstić information content (AvgIpc) is 2.54. The minimum Gasteiger partial charge on any atom is -0.493 e. The van der Waals surface area contributed by atoms with Gasteiger partial charge in [0.2, 0.25) is 0 Å². The van der Waals surface area contributed by atoms with E-state index in [1.54, 1.807) is 25.7 Å². The summed E-state index contributed by atoms with van der Waals surface area (Å²) in [6.07, 6.45) is 5.03. The zero-order valence-electron chi connectivity index (χ0n) is 12.1. The summed E-state index contributed by atoms with van der Waals surface area (Å²) in [5.41, 5.74) is 1.73. The third-order valence-corrected chi connectivity index (χ3v) is 2.92. The van der Waals surface area contributed by atoms with E-state index in [1.165, 1.54) is 0 Å². The average molecular weight is 289 g/mol. The third-order valence-electron chi connectivity index (χ3n) is 2.92. The quantitative estimate of drug-likeness (QED) is 0.812. The Morgan fingerprint density at radius 2 is 2.14 bits per heavy atom. The van der Waals surface area contributed by atoms with Gasteiger partial charge < -0.3 is 19.9 Å². The summed E-state index contributed by atoms with van der Waals surface area (Å²) in [6.45, 7) is 2.18.